The van der Waals surface area contributed by atoms with Crippen LogP contribution in [-0.2, 0) is 54.0 Å². The number of H-pyrrole nitrogens is 1. The van der Waals surface area contributed by atoms with Crippen molar-refractivity contribution in [1.82, 2.24) is 9.55 Å². The predicted octanol–water partition coefficient (Wildman–Crippen LogP) is -0.522. The summed E-state index contributed by atoms with van der Waals surface area (Å²) in [6, 6.07) is 3.19. The second kappa shape index (κ2) is 9.34. The zero-order valence-electron chi connectivity index (χ0n) is 18.8. The molecule has 2 aliphatic heterocycles. The Labute approximate surface area is 196 Å². The van der Waals surface area contributed by atoms with Crippen LogP contribution in [0.15, 0.2) is 27.9 Å². The van der Waals surface area contributed by atoms with Crippen molar-refractivity contribution in [1.29, 1.82) is 0 Å². The number of aromatic amines is 1. The number of aromatic nitrogens is 2. The van der Waals surface area contributed by atoms with E-state index in [4.69, 9.17) is 18.9 Å². The first-order valence-corrected chi connectivity index (χ1v) is 10.6. The fourth-order valence-electron chi connectivity index (χ4n) is 4.34. The molecule has 0 saturated carbocycles. The smallest absolute Gasteiger partial charge is 0.330 e. The molecule has 0 amide bonds. The number of esters is 2. The van der Waals surface area contributed by atoms with Gasteiger partial charge in [0.1, 0.15) is 25.4 Å². The average molecular weight is 494 g/mol. The molecule has 1 aromatic carbocycles. The molecule has 4 rings (SSSR count). The molecule has 4 atom stereocenters. The van der Waals surface area contributed by atoms with E-state index in [0.717, 1.165) is 0 Å². The zero-order chi connectivity index (χ0) is 25.5. The van der Waals surface area contributed by atoms with Crippen molar-refractivity contribution in [2.75, 3.05) is 6.61 Å². The molecule has 3 N–H and O–H groups in total. The average Bonchev–Trinajstić information content (AvgIpc) is 3.16. The Morgan fingerprint density at radius 1 is 1.17 bits per heavy atom. The van der Waals surface area contributed by atoms with Crippen LogP contribution in [-0.4, -0.2) is 50.5 Å². The first kappa shape index (κ1) is 24.7. The lowest BCUT2D eigenvalue weighted by Crippen LogP contribution is -2.60. The molecular weight excluding hydrogens is 471 g/mol. The van der Waals surface area contributed by atoms with Crippen molar-refractivity contribution in [2.45, 2.75) is 57.7 Å². The third kappa shape index (κ3) is 4.38. The second-order valence-electron chi connectivity index (χ2n) is 8.25. The van der Waals surface area contributed by atoms with Crippen LogP contribution in [0.25, 0.3) is 0 Å². The summed E-state index contributed by atoms with van der Waals surface area (Å²) in [7, 11) is 0. The molecule has 0 radical (unpaired) electrons. The molecule has 12 nitrogen and oxygen atoms in total. The number of hydrogen-bond acceptors (Lipinski definition) is 10. The molecule has 1 spiro atoms. The summed E-state index contributed by atoms with van der Waals surface area (Å²) in [6.07, 6.45) is -4.04. The number of fused-ring (bicyclic) bond motifs is 2. The van der Waals surface area contributed by atoms with Crippen LogP contribution in [0, 0.1) is 5.82 Å². The molecule has 1 aromatic heterocycles. The van der Waals surface area contributed by atoms with Crippen molar-refractivity contribution in [2.24, 2.45) is 0 Å². The maximum absolute atomic E-state index is 13.9. The van der Waals surface area contributed by atoms with Gasteiger partial charge in [0.15, 0.2) is 11.8 Å². The molecule has 2 aromatic rings. The summed E-state index contributed by atoms with van der Waals surface area (Å²) in [5.74, 6) is -2.35. The number of ether oxygens (including phenoxy) is 4. The van der Waals surface area contributed by atoms with E-state index in [2.05, 4.69) is 0 Å². The molecular formula is C22H23FN2O10. The number of carbonyl (C=O) groups excluding carboxylic acids is 2. The Bertz CT molecular complexity index is 1290. The lowest BCUT2D eigenvalue weighted by atomic mass is 9.79. The van der Waals surface area contributed by atoms with E-state index in [-0.39, 0.29) is 19.8 Å². The first-order valence-electron chi connectivity index (χ1n) is 10.6. The van der Waals surface area contributed by atoms with Gasteiger partial charge in [-0.1, -0.05) is 0 Å². The van der Waals surface area contributed by atoms with Crippen LogP contribution in [0.5, 0.6) is 0 Å². The fraction of sp³-hybridized carbons (Fsp3) is 0.455. The highest BCUT2D eigenvalue weighted by atomic mass is 19.1. The summed E-state index contributed by atoms with van der Waals surface area (Å²) in [4.78, 5) is 48.2. The summed E-state index contributed by atoms with van der Waals surface area (Å²) in [5, 5.41) is 22.2. The molecule has 0 unspecified atom stereocenters. The van der Waals surface area contributed by atoms with Crippen LogP contribution >= 0.6 is 0 Å². The molecule has 0 aliphatic carbocycles. The summed E-state index contributed by atoms with van der Waals surface area (Å²) < 4.78 is 36.1. The van der Waals surface area contributed by atoms with E-state index in [1.165, 1.54) is 13.8 Å². The van der Waals surface area contributed by atoms with Gasteiger partial charge in [0.05, 0.1) is 19.4 Å². The molecule has 3 heterocycles. The first-order chi connectivity index (χ1) is 16.5. The third-order valence-electron chi connectivity index (χ3n) is 6.00. The highest BCUT2D eigenvalue weighted by molar-refractivity contribution is 5.66. The lowest BCUT2D eigenvalue weighted by molar-refractivity contribution is -0.280. The number of aliphatic hydroxyl groups excluding tert-OH is 2. The number of hydrogen-bond donors (Lipinski definition) is 3. The van der Waals surface area contributed by atoms with E-state index in [9.17, 15) is 33.8 Å². The minimum absolute atomic E-state index is 0.0635. The van der Waals surface area contributed by atoms with E-state index >= 15 is 0 Å². The van der Waals surface area contributed by atoms with Crippen LogP contribution in [0.4, 0.5) is 4.39 Å². The van der Waals surface area contributed by atoms with Crippen LogP contribution in [0.1, 0.15) is 42.3 Å². The third-order valence-corrected chi connectivity index (χ3v) is 6.00. The number of benzene rings is 1. The molecule has 2 aliphatic rings. The van der Waals surface area contributed by atoms with Crippen LogP contribution in [0.3, 0.4) is 0 Å². The van der Waals surface area contributed by atoms with Crippen LogP contribution < -0.4 is 11.2 Å². The van der Waals surface area contributed by atoms with Crippen molar-refractivity contribution < 1.29 is 43.1 Å². The van der Waals surface area contributed by atoms with E-state index < -0.39 is 59.6 Å². The predicted molar refractivity (Wildman–Crippen MR) is 112 cm³/mol. The minimum Gasteiger partial charge on any atom is -0.461 e. The second-order valence-corrected chi connectivity index (χ2v) is 8.25. The number of nitrogens with zero attached hydrogens (tertiary/aromatic N) is 1. The largest absolute Gasteiger partial charge is 0.461 e. The van der Waals surface area contributed by atoms with Gasteiger partial charge < -0.3 is 29.2 Å². The summed E-state index contributed by atoms with van der Waals surface area (Å²) in [6.45, 7) is 1.70. The molecule has 13 heteroatoms. The van der Waals surface area contributed by atoms with Gasteiger partial charge in [-0.15, -0.1) is 0 Å². The highest BCUT2D eigenvalue weighted by Gasteiger charge is 2.58. The Morgan fingerprint density at radius 2 is 1.80 bits per heavy atom. The van der Waals surface area contributed by atoms with Crippen molar-refractivity contribution in [3.63, 3.8) is 0 Å². The SMILES string of the molecule is CC(=O)OCc1cc2c(cc1COC(C)=O)[C@@]1(OC2)[C@H](O)CO[C@@H](n2cc(F)c(=O)[nH]c2=O)[C@@H]1O. The Morgan fingerprint density at radius 3 is 2.43 bits per heavy atom. The van der Waals surface area contributed by atoms with Crippen molar-refractivity contribution >= 4 is 11.9 Å². The molecule has 35 heavy (non-hydrogen) atoms. The topological polar surface area (TPSA) is 166 Å². The molecule has 188 valence electrons. The molecule has 0 bridgehead atoms. The Balaban J connectivity index is 1.79. The van der Waals surface area contributed by atoms with Crippen LogP contribution in [0.2, 0.25) is 0 Å². The van der Waals surface area contributed by atoms with Gasteiger partial charge in [0, 0.05) is 13.8 Å². The highest BCUT2D eigenvalue weighted by Crippen LogP contribution is 2.48. The number of rotatable bonds is 5. The molecule has 1 fully saturated rings. The van der Waals surface area contributed by atoms with Gasteiger partial charge in [-0.05, 0) is 34.4 Å². The number of aliphatic hydroxyl groups is 2. The minimum atomic E-state index is -1.80. The Kier molecular flexibility index (Phi) is 6.60. The number of halogens is 1. The molecule has 1 saturated heterocycles. The van der Waals surface area contributed by atoms with E-state index in [1.54, 1.807) is 17.1 Å². The monoisotopic (exact) mass is 494 g/mol. The van der Waals surface area contributed by atoms with E-state index in [0.29, 0.717) is 33.0 Å². The van der Waals surface area contributed by atoms with Crippen molar-refractivity contribution in [3.05, 3.63) is 67.2 Å². The van der Waals surface area contributed by atoms with Crippen molar-refractivity contribution in [3.8, 4) is 0 Å². The summed E-state index contributed by atoms with van der Waals surface area (Å²) >= 11 is 0. The van der Waals surface area contributed by atoms with E-state index in [1.807, 2.05) is 0 Å². The summed E-state index contributed by atoms with van der Waals surface area (Å²) in [5.41, 5.74) is -2.24. The zero-order valence-corrected chi connectivity index (χ0v) is 18.8. The maximum Gasteiger partial charge on any atom is 0.330 e. The van der Waals surface area contributed by atoms with Gasteiger partial charge in [0.2, 0.25) is 5.82 Å². The van der Waals surface area contributed by atoms with Gasteiger partial charge in [-0.25, -0.2) is 4.79 Å². The van der Waals surface area contributed by atoms with Gasteiger partial charge in [0.25, 0.3) is 5.56 Å². The van der Waals surface area contributed by atoms with Gasteiger partial charge in [-0.3, -0.25) is 23.9 Å². The van der Waals surface area contributed by atoms with Gasteiger partial charge >= 0.3 is 17.6 Å². The maximum atomic E-state index is 13.9. The number of carbonyl (C=O) groups is 2. The van der Waals surface area contributed by atoms with Gasteiger partial charge in [-0.2, -0.15) is 4.39 Å². The standard InChI is InChI=1S/C22H23FN2O10/c1-10(26)32-6-12-3-14-8-35-22(15(14)4-13(12)7-33-11(2)27)17(28)9-34-20(18(22)29)25-5-16(23)19(30)24-21(25)31/h3-5,17-18,20,28-29H,6-9H2,1-2H3,(H,24,30,31)/t17-,18+,20-,22-/m1/s1. The normalized spacial score (nSPS) is 25.3. The Hall–Kier alpha value is -3.39. The quantitative estimate of drug-likeness (QED) is 0.460. The fourth-order valence-corrected chi connectivity index (χ4v) is 4.34. The lowest BCUT2D eigenvalue weighted by Gasteiger charge is -2.46. The number of nitrogens with one attached hydrogen (secondary N) is 1.